The van der Waals surface area contributed by atoms with Crippen LogP contribution < -0.4 is 22.1 Å². The first-order valence-electron chi connectivity index (χ1n) is 10.6. The Balaban J connectivity index is 0.00000204. The Kier molecular flexibility index (Phi) is 11.8. The van der Waals surface area contributed by atoms with Gasteiger partial charge in [0.2, 0.25) is 5.95 Å². The van der Waals surface area contributed by atoms with Crippen molar-refractivity contribution in [2.75, 3.05) is 10.6 Å². The molecule has 12 heteroatoms. The van der Waals surface area contributed by atoms with Crippen molar-refractivity contribution in [3.63, 3.8) is 0 Å². The van der Waals surface area contributed by atoms with Crippen LogP contribution in [0, 0.1) is 6.92 Å². The fraction of sp³-hybridized carbons (Fsp3) is 0.304. The Morgan fingerprint density at radius 3 is 2.40 bits per heavy atom. The number of carbonyl (C=O) groups is 1. The number of nitrogens with two attached hydrogens (primary N) is 2. The molecule has 4 rings (SSSR count). The van der Waals surface area contributed by atoms with Gasteiger partial charge in [-0.25, -0.2) is 9.98 Å². The first-order chi connectivity index (χ1) is 15.4. The summed E-state index contributed by atoms with van der Waals surface area (Å²) in [6, 6.07) is 12.6. The summed E-state index contributed by atoms with van der Waals surface area (Å²) in [6.45, 7) is 2.02. The number of nitrogens with one attached hydrogen (secondary N) is 2. The third kappa shape index (κ3) is 7.73. The van der Waals surface area contributed by atoms with E-state index in [1.165, 1.54) is 0 Å². The minimum absolute atomic E-state index is 0. The topological polar surface area (TPSA) is 131 Å². The lowest BCUT2D eigenvalue weighted by Crippen LogP contribution is -2.38. The van der Waals surface area contributed by atoms with Crippen molar-refractivity contribution in [1.29, 1.82) is 0 Å². The van der Waals surface area contributed by atoms with Gasteiger partial charge in [-0.15, -0.1) is 37.2 Å². The number of hydrogen-bond donors (Lipinski definition) is 4. The van der Waals surface area contributed by atoms with Gasteiger partial charge in [0.15, 0.2) is 5.96 Å². The fourth-order valence-corrected chi connectivity index (χ4v) is 4.11. The number of amides is 1. The molecular formula is C23H29Cl4N7O. The van der Waals surface area contributed by atoms with Crippen LogP contribution in [-0.2, 0) is 0 Å². The number of nitrogens with zero attached hydrogens (tertiary/aromatic N) is 3. The highest BCUT2D eigenvalue weighted by Crippen LogP contribution is 2.29. The molecule has 2 aromatic carbocycles. The maximum absolute atomic E-state index is 12.7. The summed E-state index contributed by atoms with van der Waals surface area (Å²) in [4.78, 5) is 26.3. The van der Waals surface area contributed by atoms with Gasteiger partial charge in [0.1, 0.15) is 5.82 Å². The molecule has 1 aromatic heterocycles. The van der Waals surface area contributed by atoms with Crippen molar-refractivity contribution in [3.05, 3.63) is 58.6 Å². The van der Waals surface area contributed by atoms with Gasteiger partial charge in [-0.1, -0.05) is 36.1 Å². The van der Waals surface area contributed by atoms with Crippen LogP contribution in [0.1, 0.15) is 41.6 Å². The zero-order valence-corrected chi connectivity index (χ0v) is 22.2. The lowest BCUT2D eigenvalue weighted by molar-refractivity contribution is 0.102. The Morgan fingerprint density at radius 1 is 1.03 bits per heavy atom. The fourth-order valence-electron chi connectivity index (χ4n) is 3.98. The van der Waals surface area contributed by atoms with E-state index in [0.717, 1.165) is 42.1 Å². The second-order valence-electron chi connectivity index (χ2n) is 8.03. The van der Waals surface area contributed by atoms with Crippen molar-refractivity contribution in [2.24, 2.45) is 16.5 Å². The van der Waals surface area contributed by atoms with Gasteiger partial charge in [0, 0.05) is 16.0 Å². The molecule has 0 aliphatic heterocycles. The largest absolute Gasteiger partial charge is 0.370 e. The molecule has 0 spiro atoms. The Bertz CT molecular complexity index is 1170. The van der Waals surface area contributed by atoms with Crippen LogP contribution in [0.5, 0.6) is 0 Å². The second-order valence-corrected chi connectivity index (χ2v) is 8.47. The van der Waals surface area contributed by atoms with Crippen LogP contribution in [-0.4, -0.2) is 33.9 Å². The Labute approximate surface area is 227 Å². The normalized spacial score (nSPS) is 16.6. The smallest absolute Gasteiger partial charge is 0.258 e. The molecular weight excluding hydrogens is 532 g/mol. The summed E-state index contributed by atoms with van der Waals surface area (Å²) in [5.74, 6) is 0.643. The number of hydrogen-bond acceptors (Lipinski definition) is 5. The van der Waals surface area contributed by atoms with Crippen LogP contribution >= 0.6 is 48.8 Å². The number of fused-ring (bicyclic) bond motifs is 1. The predicted octanol–water partition coefficient (Wildman–Crippen LogP) is 5.11. The first kappa shape index (κ1) is 30.5. The lowest BCUT2D eigenvalue weighted by atomic mass is 9.90. The highest BCUT2D eigenvalue weighted by Gasteiger charge is 2.26. The summed E-state index contributed by atoms with van der Waals surface area (Å²) < 4.78 is 0. The molecule has 0 bridgehead atoms. The number of aromatic nitrogens is 2. The van der Waals surface area contributed by atoms with Crippen molar-refractivity contribution >= 4 is 83.4 Å². The molecule has 1 amide bonds. The van der Waals surface area contributed by atoms with E-state index in [4.69, 9.17) is 23.1 Å². The number of aryl methyl sites for hydroxylation is 1. The van der Waals surface area contributed by atoms with E-state index in [9.17, 15) is 4.79 Å². The molecule has 190 valence electrons. The van der Waals surface area contributed by atoms with Crippen LogP contribution in [0.2, 0.25) is 5.02 Å². The molecule has 3 aromatic rings. The van der Waals surface area contributed by atoms with Crippen LogP contribution in [0.25, 0.3) is 10.9 Å². The molecule has 1 saturated carbocycles. The molecule has 0 saturated heterocycles. The van der Waals surface area contributed by atoms with Gasteiger partial charge >= 0.3 is 0 Å². The number of anilines is 2. The van der Waals surface area contributed by atoms with Crippen molar-refractivity contribution < 1.29 is 4.79 Å². The number of aliphatic imine (C=N–C) groups is 1. The van der Waals surface area contributed by atoms with E-state index in [1.54, 1.807) is 24.3 Å². The van der Waals surface area contributed by atoms with E-state index in [1.807, 2.05) is 25.1 Å². The van der Waals surface area contributed by atoms with Crippen LogP contribution in [0.4, 0.5) is 11.8 Å². The SMILES string of the molecule is Cc1ccc2nc(NC(=O)c3ccc(Cl)cc3)nc(NC3CCCCC3N=C(N)N)c2c1.Cl.Cl.Cl. The van der Waals surface area contributed by atoms with E-state index in [0.29, 0.717) is 16.4 Å². The van der Waals surface area contributed by atoms with Crippen LogP contribution in [0.15, 0.2) is 47.5 Å². The summed E-state index contributed by atoms with van der Waals surface area (Å²) in [7, 11) is 0. The molecule has 2 atom stereocenters. The highest BCUT2D eigenvalue weighted by atomic mass is 35.5. The second kappa shape index (κ2) is 13.5. The number of carbonyl (C=O) groups excluding carboxylic acids is 1. The number of guanidine groups is 1. The van der Waals surface area contributed by atoms with Crippen molar-refractivity contribution in [2.45, 2.75) is 44.7 Å². The average molecular weight is 561 g/mol. The summed E-state index contributed by atoms with van der Waals surface area (Å²) in [5.41, 5.74) is 13.6. The number of halogens is 4. The third-order valence-corrected chi connectivity index (χ3v) is 5.80. The van der Waals surface area contributed by atoms with Gasteiger partial charge < -0.3 is 16.8 Å². The van der Waals surface area contributed by atoms with E-state index in [-0.39, 0.29) is 67.1 Å². The summed E-state index contributed by atoms with van der Waals surface area (Å²) in [5, 5.41) is 7.76. The third-order valence-electron chi connectivity index (χ3n) is 5.55. The average Bonchev–Trinajstić information content (AvgIpc) is 2.75. The van der Waals surface area contributed by atoms with Gasteiger partial charge in [-0.2, -0.15) is 4.98 Å². The Morgan fingerprint density at radius 2 is 1.71 bits per heavy atom. The van der Waals surface area contributed by atoms with Gasteiger partial charge in [-0.3, -0.25) is 10.1 Å². The van der Waals surface area contributed by atoms with Crippen molar-refractivity contribution in [1.82, 2.24) is 9.97 Å². The summed E-state index contributed by atoms with van der Waals surface area (Å²) >= 11 is 5.92. The molecule has 1 fully saturated rings. The first-order valence-corrected chi connectivity index (χ1v) is 11.0. The molecule has 35 heavy (non-hydrogen) atoms. The lowest BCUT2D eigenvalue weighted by Gasteiger charge is -2.30. The van der Waals surface area contributed by atoms with E-state index < -0.39 is 0 Å². The molecule has 0 radical (unpaired) electrons. The standard InChI is InChI=1S/C23H26ClN7O.3ClH/c1-13-6-11-17-16(12-13)20(27-18-4-2-3-5-19(18)28-22(25)26)30-23(29-17)31-21(32)14-7-9-15(24)10-8-14;;;/h6-12,18-19H,2-5H2,1H3,(H4,25,26,28)(H2,27,29,30,31,32);3*1H. The Hall–Kier alpha value is -2.52. The molecule has 8 nitrogen and oxygen atoms in total. The molecule has 2 unspecified atom stereocenters. The van der Waals surface area contributed by atoms with E-state index >= 15 is 0 Å². The maximum atomic E-state index is 12.7. The van der Waals surface area contributed by atoms with Crippen LogP contribution in [0.3, 0.4) is 0 Å². The number of benzene rings is 2. The maximum Gasteiger partial charge on any atom is 0.258 e. The minimum atomic E-state index is -0.310. The zero-order chi connectivity index (χ0) is 22.7. The molecule has 6 N–H and O–H groups in total. The van der Waals surface area contributed by atoms with Gasteiger partial charge in [0.05, 0.1) is 17.6 Å². The monoisotopic (exact) mass is 559 g/mol. The van der Waals surface area contributed by atoms with Gasteiger partial charge in [-0.05, 0) is 56.2 Å². The minimum Gasteiger partial charge on any atom is -0.370 e. The van der Waals surface area contributed by atoms with Gasteiger partial charge in [0.25, 0.3) is 5.91 Å². The van der Waals surface area contributed by atoms with E-state index in [2.05, 4.69) is 25.6 Å². The molecule has 1 aliphatic carbocycles. The zero-order valence-electron chi connectivity index (χ0n) is 19.0. The molecule has 1 aliphatic rings. The number of rotatable bonds is 5. The molecule has 1 heterocycles. The predicted molar refractivity (Wildman–Crippen MR) is 151 cm³/mol. The highest BCUT2D eigenvalue weighted by molar-refractivity contribution is 6.30. The summed E-state index contributed by atoms with van der Waals surface area (Å²) in [6.07, 6.45) is 3.98. The quantitative estimate of drug-likeness (QED) is 0.253. The van der Waals surface area contributed by atoms with Crippen molar-refractivity contribution in [3.8, 4) is 0 Å².